The molecule has 2 aromatic heterocycles. The number of hydrogen-bond donors (Lipinski definition) is 1. The molecule has 2 aromatic rings. The average Bonchev–Trinajstić information content (AvgIpc) is 2.92. The molecular formula is C12H17N5. The van der Waals surface area contributed by atoms with Crippen molar-refractivity contribution in [2.45, 2.75) is 32.0 Å². The average molecular weight is 231 g/mol. The molecule has 1 aliphatic rings. The van der Waals surface area contributed by atoms with Crippen LogP contribution in [0, 0.1) is 0 Å². The molecule has 0 spiro atoms. The van der Waals surface area contributed by atoms with Gasteiger partial charge in [-0.3, -0.25) is 0 Å². The van der Waals surface area contributed by atoms with Crippen molar-refractivity contribution >= 4 is 0 Å². The molecule has 90 valence electrons. The highest BCUT2D eigenvalue weighted by Gasteiger charge is 2.20. The molecule has 1 saturated carbocycles. The second-order valence-electron chi connectivity index (χ2n) is 4.64. The van der Waals surface area contributed by atoms with Gasteiger partial charge in [0.1, 0.15) is 6.33 Å². The smallest absolute Gasteiger partial charge is 0.152 e. The van der Waals surface area contributed by atoms with E-state index in [9.17, 15) is 0 Å². The predicted molar refractivity (Wildman–Crippen MR) is 64.4 cm³/mol. The van der Waals surface area contributed by atoms with Crippen LogP contribution >= 0.6 is 0 Å². The normalized spacial score (nSPS) is 15.4. The first-order chi connectivity index (χ1) is 8.33. The van der Waals surface area contributed by atoms with Gasteiger partial charge >= 0.3 is 0 Å². The monoisotopic (exact) mass is 231 g/mol. The van der Waals surface area contributed by atoms with E-state index < -0.39 is 0 Å². The zero-order valence-corrected chi connectivity index (χ0v) is 10.0. The molecule has 5 heteroatoms. The summed E-state index contributed by atoms with van der Waals surface area (Å²) in [6.07, 6.45) is 6.48. The Bertz CT molecular complexity index is 494. The number of nitrogens with one attached hydrogen (secondary N) is 1. The van der Waals surface area contributed by atoms with E-state index in [-0.39, 0.29) is 0 Å². The fourth-order valence-electron chi connectivity index (χ4n) is 1.90. The zero-order chi connectivity index (χ0) is 11.7. The molecule has 0 radical (unpaired) electrons. The number of nitrogens with zero attached hydrogens (tertiary/aromatic N) is 4. The maximum absolute atomic E-state index is 4.11. The van der Waals surface area contributed by atoms with Crippen molar-refractivity contribution in [3.8, 4) is 0 Å². The van der Waals surface area contributed by atoms with Gasteiger partial charge in [0.25, 0.3) is 0 Å². The van der Waals surface area contributed by atoms with Crippen molar-refractivity contribution in [2.75, 3.05) is 0 Å². The summed E-state index contributed by atoms with van der Waals surface area (Å²) in [5.74, 6) is 0.980. The number of rotatable bonds is 5. The SMILES string of the molecule is Cn1cnnc1Cn1cccc1CNC1CC1. The van der Waals surface area contributed by atoms with Crippen LogP contribution < -0.4 is 5.32 Å². The first kappa shape index (κ1) is 10.5. The molecule has 5 nitrogen and oxygen atoms in total. The topological polar surface area (TPSA) is 47.7 Å². The third-order valence-corrected chi connectivity index (χ3v) is 3.19. The Balaban J connectivity index is 1.69. The minimum atomic E-state index is 0.744. The maximum atomic E-state index is 4.11. The first-order valence-corrected chi connectivity index (χ1v) is 6.03. The second-order valence-corrected chi connectivity index (χ2v) is 4.64. The Morgan fingerprint density at radius 3 is 3.06 bits per heavy atom. The first-order valence-electron chi connectivity index (χ1n) is 6.03. The largest absolute Gasteiger partial charge is 0.343 e. The number of hydrogen-bond acceptors (Lipinski definition) is 3. The molecular weight excluding hydrogens is 214 g/mol. The lowest BCUT2D eigenvalue weighted by Crippen LogP contribution is -2.18. The van der Waals surface area contributed by atoms with Crippen molar-refractivity contribution in [1.29, 1.82) is 0 Å². The Hall–Kier alpha value is -1.62. The molecule has 0 saturated heterocycles. The molecule has 1 aliphatic carbocycles. The van der Waals surface area contributed by atoms with Crippen LogP contribution in [-0.4, -0.2) is 25.4 Å². The van der Waals surface area contributed by atoms with Crippen LogP contribution in [0.25, 0.3) is 0 Å². The summed E-state index contributed by atoms with van der Waals surface area (Å²) in [6.45, 7) is 1.72. The lowest BCUT2D eigenvalue weighted by atomic mass is 10.4. The molecule has 0 amide bonds. The summed E-state index contributed by atoms with van der Waals surface area (Å²) >= 11 is 0. The fraction of sp³-hybridized carbons (Fsp3) is 0.500. The Labute approximate surface area is 100 Å². The highest BCUT2D eigenvalue weighted by atomic mass is 15.3. The molecule has 17 heavy (non-hydrogen) atoms. The highest BCUT2D eigenvalue weighted by molar-refractivity contribution is 5.09. The second kappa shape index (κ2) is 4.33. The van der Waals surface area contributed by atoms with E-state index in [4.69, 9.17) is 0 Å². The van der Waals surface area contributed by atoms with E-state index in [1.165, 1.54) is 18.5 Å². The molecule has 0 bridgehead atoms. The Morgan fingerprint density at radius 1 is 1.47 bits per heavy atom. The van der Waals surface area contributed by atoms with Crippen molar-refractivity contribution in [1.82, 2.24) is 24.6 Å². The molecule has 1 N–H and O–H groups in total. The van der Waals surface area contributed by atoms with Crippen LogP contribution in [0.15, 0.2) is 24.7 Å². The van der Waals surface area contributed by atoms with E-state index in [1.54, 1.807) is 6.33 Å². The quantitative estimate of drug-likeness (QED) is 0.832. The molecule has 0 aliphatic heterocycles. The summed E-state index contributed by atoms with van der Waals surface area (Å²) in [7, 11) is 1.97. The number of aromatic nitrogens is 4. The standard InChI is InChI=1S/C12H17N5/c1-16-9-14-15-12(16)8-17-6-2-3-11(17)7-13-10-4-5-10/h2-3,6,9-10,13H,4-5,7-8H2,1H3. The van der Waals surface area contributed by atoms with Gasteiger partial charge in [0.15, 0.2) is 5.82 Å². The minimum Gasteiger partial charge on any atom is -0.343 e. The van der Waals surface area contributed by atoms with Gasteiger partial charge in [-0.15, -0.1) is 10.2 Å². The summed E-state index contributed by atoms with van der Waals surface area (Å²) in [5, 5.41) is 11.5. The van der Waals surface area contributed by atoms with Crippen molar-refractivity contribution in [3.63, 3.8) is 0 Å². The van der Waals surface area contributed by atoms with Gasteiger partial charge in [0.2, 0.25) is 0 Å². The molecule has 3 rings (SSSR count). The van der Waals surface area contributed by atoms with Crippen LogP contribution in [0.4, 0.5) is 0 Å². The summed E-state index contributed by atoms with van der Waals surface area (Å²) in [5.41, 5.74) is 1.31. The fourth-order valence-corrected chi connectivity index (χ4v) is 1.90. The van der Waals surface area contributed by atoms with Crippen LogP contribution in [-0.2, 0) is 20.1 Å². The lowest BCUT2D eigenvalue weighted by Gasteiger charge is -2.09. The third kappa shape index (κ3) is 2.39. The van der Waals surface area contributed by atoms with E-state index >= 15 is 0 Å². The highest BCUT2D eigenvalue weighted by Crippen LogP contribution is 2.19. The van der Waals surface area contributed by atoms with Gasteiger partial charge in [-0.1, -0.05) is 0 Å². The van der Waals surface area contributed by atoms with Crippen molar-refractivity contribution in [3.05, 3.63) is 36.2 Å². The molecule has 0 aromatic carbocycles. The van der Waals surface area contributed by atoms with Gasteiger partial charge in [-0.25, -0.2) is 0 Å². The van der Waals surface area contributed by atoms with Gasteiger partial charge in [-0.2, -0.15) is 0 Å². The summed E-state index contributed by atoms with van der Waals surface area (Å²) < 4.78 is 4.18. The van der Waals surface area contributed by atoms with Crippen LogP contribution in [0.5, 0.6) is 0 Å². The zero-order valence-electron chi connectivity index (χ0n) is 10.0. The van der Waals surface area contributed by atoms with E-state index in [0.717, 1.165) is 25.0 Å². The van der Waals surface area contributed by atoms with Crippen molar-refractivity contribution < 1.29 is 0 Å². The summed E-state index contributed by atoms with van der Waals surface area (Å²) in [6, 6.07) is 4.99. The van der Waals surface area contributed by atoms with E-state index in [0.29, 0.717) is 0 Å². The van der Waals surface area contributed by atoms with E-state index in [2.05, 4.69) is 38.4 Å². The van der Waals surface area contributed by atoms with Gasteiger partial charge < -0.3 is 14.5 Å². The molecule has 0 unspecified atom stereocenters. The van der Waals surface area contributed by atoms with Gasteiger partial charge in [-0.05, 0) is 25.0 Å². The maximum Gasteiger partial charge on any atom is 0.152 e. The number of aryl methyl sites for hydroxylation is 1. The molecule has 1 fully saturated rings. The lowest BCUT2D eigenvalue weighted by molar-refractivity contribution is 0.615. The van der Waals surface area contributed by atoms with Crippen molar-refractivity contribution in [2.24, 2.45) is 7.05 Å². The Morgan fingerprint density at radius 2 is 2.35 bits per heavy atom. The van der Waals surface area contributed by atoms with Crippen LogP contribution in [0.2, 0.25) is 0 Å². The van der Waals surface area contributed by atoms with Gasteiger partial charge in [0, 0.05) is 31.5 Å². The van der Waals surface area contributed by atoms with Gasteiger partial charge in [0.05, 0.1) is 6.54 Å². The third-order valence-electron chi connectivity index (χ3n) is 3.19. The predicted octanol–water partition coefficient (Wildman–Crippen LogP) is 0.917. The molecule has 2 heterocycles. The van der Waals surface area contributed by atoms with E-state index in [1.807, 2.05) is 11.6 Å². The Kier molecular flexibility index (Phi) is 2.68. The van der Waals surface area contributed by atoms with Crippen LogP contribution in [0.1, 0.15) is 24.4 Å². The van der Waals surface area contributed by atoms with Crippen LogP contribution in [0.3, 0.4) is 0 Å². The summed E-state index contributed by atoms with van der Waals surface area (Å²) in [4.78, 5) is 0. The minimum absolute atomic E-state index is 0.744. The molecule has 0 atom stereocenters.